The van der Waals surface area contributed by atoms with Gasteiger partial charge in [-0.05, 0) is 26.7 Å². The Labute approximate surface area is 155 Å². The first-order chi connectivity index (χ1) is 11.3. The van der Waals surface area contributed by atoms with Crippen LogP contribution in [-0.4, -0.2) is 73.2 Å². The molecule has 1 amide bonds. The molecule has 2 heterocycles. The Balaban J connectivity index is 0.00000312. The highest BCUT2D eigenvalue weighted by Gasteiger charge is 2.35. The number of carbonyl (C=O) groups excluding carboxylic acids is 1. The van der Waals surface area contributed by atoms with Gasteiger partial charge in [0.2, 0.25) is 15.9 Å². The summed E-state index contributed by atoms with van der Waals surface area (Å²) in [5.41, 5.74) is 0. The zero-order valence-corrected chi connectivity index (χ0v) is 16.2. The summed E-state index contributed by atoms with van der Waals surface area (Å²) in [5.74, 6) is -0.279. The SMILES string of the molecule is CC(C)S(=O)(=O)N1CCC(NCC(=O)N2CC(F)C[C@H]2C#N)CC1.Cl. The molecule has 2 saturated heterocycles. The first kappa shape index (κ1) is 22.1. The maximum absolute atomic E-state index is 13.4. The largest absolute Gasteiger partial charge is 0.323 e. The van der Waals surface area contributed by atoms with E-state index in [1.54, 1.807) is 13.8 Å². The number of sulfonamides is 1. The lowest BCUT2D eigenvalue weighted by Gasteiger charge is -2.33. The lowest BCUT2D eigenvalue weighted by Crippen LogP contribution is -2.49. The maximum atomic E-state index is 13.4. The number of nitriles is 1. The molecule has 0 aromatic rings. The molecule has 2 atom stereocenters. The van der Waals surface area contributed by atoms with Crippen molar-refractivity contribution in [3.63, 3.8) is 0 Å². The van der Waals surface area contributed by atoms with Gasteiger partial charge in [0.15, 0.2) is 0 Å². The Bertz CT molecular complexity index is 602. The Kier molecular flexibility index (Phi) is 8.06. The molecule has 25 heavy (non-hydrogen) atoms. The Morgan fingerprint density at radius 2 is 1.96 bits per heavy atom. The normalized spacial score (nSPS) is 25.6. The van der Waals surface area contributed by atoms with Gasteiger partial charge in [-0.1, -0.05) is 0 Å². The smallest absolute Gasteiger partial charge is 0.237 e. The van der Waals surface area contributed by atoms with Gasteiger partial charge in [-0.2, -0.15) is 5.26 Å². The summed E-state index contributed by atoms with van der Waals surface area (Å²) in [4.78, 5) is 13.4. The third kappa shape index (κ3) is 5.26. The summed E-state index contributed by atoms with van der Waals surface area (Å²) in [6.07, 6.45) is 0.204. The van der Waals surface area contributed by atoms with E-state index >= 15 is 0 Å². The number of rotatable bonds is 5. The van der Waals surface area contributed by atoms with E-state index in [-0.39, 0.29) is 43.9 Å². The van der Waals surface area contributed by atoms with Crippen molar-refractivity contribution >= 4 is 28.3 Å². The number of hydrogen-bond donors (Lipinski definition) is 1. The number of carbonyl (C=O) groups is 1. The predicted octanol–water partition coefficient (Wildman–Crippen LogP) is 0.663. The van der Waals surface area contributed by atoms with E-state index in [2.05, 4.69) is 5.32 Å². The van der Waals surface area contributed by atoms with Gasteiger partial charge in [0, 0.05) is 25.6 Å². The van der Waals surface area contributed by atoms with Gasteiger partial charge in [0.25, 0.3) is 0 Å². The van der Waals surface area contributed by atoms with E-state index < -0.39 is 27.5 Å². The average Bonchev–Trinajstić information content (AvgIpc) is 2.94. The lowest BCUT2D eigenvalue weighted by molar-refractivity contribution is -0.130. The monoisotopic (exact) mass is 396 g/mol. The highest BCUT2D eigenvalue weighted by Crippen LogP contribution is 2.20. The van der Waals surface area contributed by atoms with Crippen LogP contribution >= 0.6 is 12.4 Å². The standard InChI is InChI=1S/C15H25FN4O3S.ClH/c1-11(2)24(22,23)19-5-3-13(4-6-19)18-9-15(21)20-10-12(16)7-14(20)8-17;/h11-14,18H,3-7,9-10H2,1-2H3;1H/t12?,14-;/m0./s1. The highest BCUT2D eigenvalue weighted by atomic mass is 35.5. The second-order valence-corrected chi connectivity index (χ2v) is 9.16. The topological polar surface area (TPSA) is 93.5 Å². The minimum atomic E-state index is -3.23. The zero-order valence-electron chi connectivity index (χ0n) is 14.5. The van der Waals surface area contributed by atoms with Gasteiger partial charge in [-0.3, -0.25) is 4.79 Å². The fraction of sp³-hybridized carbons (Fsp3) is 0.867. The first-order valence-electron chi connectivity index (χ1n) is 8.31. The highest BCUT2D eigenvalue weighted by molar-refractivity contribution is 7.89. The van der Waals surface area contributed by atoms with Crippen molar-refractivity contribution in [3.05, 3.63) is 0 Å². The molecular formula is C15H26ClFN4O3S. The van der Waals surface area contributed by atoms with E-state index in [0.29, 0.717) is 25.9 Å². The van der Waals surface area contributed by atoms with Gasteiger partial charge in [-0.15, -0.1) is 12.4 Å². The summed E-state index contributed by atoms with van der Waals surface area (Å²) in [6, 6.07) is 1.33. The minimum absolute atomic E-state index is 0. The van der Waals surface area contributed by atoms with Crippen LogP contribution in [0.2, 0.25) is 0 Å². The maximum Gasteiger partial charge on any atom is 0.237 e. The summed E-state index contributed by atoms with van der Waals surface area (Å²) in [6.45, 7) is 4.22. The summed E-state index contributed by atoms with van der Waals surface area (Å²) < 4.78 is 39.1. The van der Waals surface area contributed by atoms with Crippen LogP contribution in [0.4, 0.5) is 4.39 Å². The van der Waals surface area contributed by atoms with Crippen LogP contribution < -0.4 is 5.32 Å². The van der Waals surface area contributed by atoms with Gasteiger partial charge >= 0.3 is 0 Å². The van der Waals surface area contributed by atoms with E-state index in [1.165, 1.54) is 9.21 Å². The fourth-order valence-electron chi connectivity index (χ4n) is 3.13. The third-order valence-corrected chi connectivity index (χ3v) is 6.95. The zero-order chi connectivity index (χ0) is 17.9. The Morgan fingerprint density at radius 3 is 2.48 bits per heavy atom. The predicted molar refractivity (Wildman–Crippen MR) is 94.5 cm³/mol. The van der Waals surface area contributed by atoms with Crippen LogP contribution in [-0.2, 0) is 14.8 Å². The van der Waals surface area contributed by atoms with Crippen LogP contribution in [0.3, 0.4) is 0 Å². The molecule has 0 radical (unpaired) electrons. The molecule has 0 spiro atoms. The molecule has 0 aromatic carbocycles. The number of halogens is 2. The van der Waals surface area contributed by atoms with Crippen molar-refractivity contribution in [1.82, 2.24) is 14.5 Å². The number of piperidine rings is 1. The van der Waals surface area contributed by atoms with Crippen LogP contribution in [0, 0.1) is 11.3 Å². The van der Waals surface area contributed by atoms with Crippen molar-refractivity contribution in [2.24, 2.45) is 0 Å². The number of alkyl halides is 1. The Hall–Kier alpha value is -0.950. The number of amides is 1. The van der Waals surface area contributed by atoms with Gasteiger partial charge in [-0.25, -0.2) is 17.1 Å². The molecule has 1 N–H and O–H groups in total. The van der Waals surface area contributed by atoms with E-state index in [1.807, 2.05) is 6.07 Å². The minimum Gasteiger partial charge on any atom is -0.323 e. The molecule has 2 aliphatic rings. The van der Waals surface area contributed by atoms with Gasteiger partial charge < -0.3 is 10.2 Å². The summed E-state index contributed by atoms with van der Waals surface area (Å²) >= 11 is 0. The van der Waals surface area contributed by atoms with Crippen LogP contribution in [0.25, 0.3) is 0 Å². The molecule has 1 unspecified atom stereocenters. The number of hydrogen-bond acceptors (Lipinski definition) is 5. The molecule has 7 nitrogen and oxygen atoms in total. The number of likely N-dealkylation sites (tertiary alicyclic amines) is 1. The van der Waals surface area contributed by atoms with Crippen LogP contribution in [0.5, 0.6) is 0 Å². The molecule has 2 rings (SSSR count). The summed E-state index contributed by atoms with van der Waals surface area (Å²) in [5, 5.41) is 11.7. The van der Waals surface area contributed by atoms with E-state index in [4.69, 9.17) is 5.26 Å². The second-order valence-electron chi connectivity index (χ2n) is 6.67. The van der Waals surface area contributed by atoms with Crippen molar-refractivity contribution in [3.8, 4) is 6.07 Å². The molecule has 2 aliphatic heterocycles. The van der Waals surface area contributed by atoms with Crippen molar-refractivity contribution in [1.29, 1.82) is 5.26 Å². The second kappa shape index (κ2) is 9.12. The number of nitrogens with zero attached hydrogens (tertiary/aromatic N) is 3. The summed E-state index contributed by atoms with van der Waals surface area (Å²) in [7, 11) is -3.23. The van der Waals surface area contributed by atoms with Gasteiger partial charge in [0.1, 0.15) is 12.2 Å². The van der Waals surface area contributed by atoms with Crippen molar-refractivity contribution in [2.75, 3.05) is 26.2 Å². The molecule has 0 aromatic heterocycles. The van der Waals surface area contributed by atoms with Crippen molar-refractivity contribution in [2.45, 2.75) is 56.6 Å². The quantitative estimate of drug-likeness (QED) is 0.736. The lowest BCUT2D eigenvalue weighted by atomic mass is 10.1. The van der Waals surface area contributed by atoms with Crippen molar-refractivity contribution < 1.29 is 17.6 Å². The molecule has 0 bridgehead atoms. The third-order valence-electron chi connectivity index (χ3n) is 4.67. The molecule has 10 heteroatoms. The van der Waals surface area contributed by atoms with E-state index in [9.17, 15) is 17.6 Å². The van der Waals surface area contributed by atoms with E-state index in [0.717, 1.165) is 0 Å². The molecule has 0 aliphatic carbocycles. The molecule has 0 saturated carbocycles. The Morgan fingerprint density at radius 1 is 1.36 bits per heavy atom. The number of nitrogens with one attached hydrogen (secondary N) is 1. The molecule has 144 valence electrons. The average molecular weight is 397 g/mol. The molecule has 2 fully saturated rings. The van der Waals surface area contributed by atoms with Gasteiger partial charge in [0.05, 0.1) is 24.4 Å². The fourth-order valence-corrected chi connectivity index (χ4v) is 4.44. The van der Waals surface area contributed by atoms with Crippen LogP contribution in [0.1, 0.15) is 33.1 Å². The van der Waals surface area contributed by atoms with Crippen LogP contribution in [0.15, 0.2) is 0 Å². The first-order valence-corrected chi connectivity index (χ1v) is 9.81. The molecular weight excluding hydrogens is 371 g/mol.